The van der Waals surface area contributed by atoms with E-state index < -0.39 is 0 Å². The third kappa shape index (κ3) is 3.45. The van der Waals surface area contributed by atoms with Crippen molar-refractivity contribution < 1.29 is 0 Å². The number of hydrogen-bond donors (Lipinski definition) is 1. The zero-order valence-corrected chi connectivity index (χ0v) is 10.9. The van der Waals surface area contributed by atoms with Gasteiger partial charge in [-0.1, -0.05) is 31.2 Å². The van der Waals surface area contributed by atoms with Crippen LogP contribution >= 0.6 is 11.8 Å². The zero-order chi connectivity index (χ0) is 12.1. The third-order valence-corrected chi connectivity index (χ3v) is 4.02. The number of para-hydroxylation sites is 1. The second-order valence-electron chi connectivity index (χ2n) is 4.35. The number of aromatic nitrogens is 1. The first-order valence-electron chi connectivity index (χ1n) is 5.92. The minimum atomic E-state index is 0.584. The van der Waals surface area contributed by atoms with Crippen LogP contribution in [0.25, 0.3) is 10.9 Å². The SMILES string of the molecule is CC(CN)CSCc1ccc2ccccc2n1. The maximum Gasteiger partial charge on any atom is 0.0705 e. The van der Waals surface area contributed by atoms with Gasteiger partial charge in [-0.2, -0.15) is 11.8 Å². The summed E-state index contributed by atoms with van der Waals surface area (Å²) in [5.74, 6) is 2.65. The fourth-order valence-electron chi connectivity index (χ4n) is 1.62. The van der Waals surface area contributed by atoms with Crippen LogP contribution in [0.4, 0.5) is 0 Å². The number of benzene rings is 1. The van der Waals surface area contributed by atoms with E-state index >= 15 is 0 Å². The van der Waals surface area contributed by atoms with Crippen molar-refractivity contribution in [2.45, 2.75) is 12.7 Å². The molecule has 1 unspecified atom stereocenters. The summed E-state index contributed by atoms with van der Waals surface area (Å²) >= 11 is 1.91. The summed E-state index contributed by atoms with van der Waals surface area (Å²) < 4.78 is 0. The highest BCUT2D eigenvalue weighted by Crippen LogP contribution is 2.17. The van der Waals surface area contributed by atoms with E-state index in [2.05, 4.69) is 36.2 Å². The number of nitrogens with zero attached hydrogens (tertiary/aromatic N) is 1. The molecule has 0 aliphatic carbocycles. The number of thioether (sulfide) groups is 1. The molecule has 2 aromatic rings. The van der Waals surface area contributed by atoms with Crippen LogP contribution in [0.1, 0.15) is 12.6 Å². The molecule has 17 heavy (non-hydrogen) atoms. The molecule has 0 aliphatic heterocycles. The topological polar surface area (TPSA) is 38.9 Å². The van der Waals surface area contributed by atoms with Gasteiger partial charge >= 0.3 is 0 Å². The number of rotatable bonds is 5. The Kier molecular flexibility index (Phi) is 4.40. The van der Waals surface area contributed by atoms with Crippen molar-refractivity contribution in [1.29, 1.82) is 0 Å². The molecule has 2 N–H and O–H groups in total. The lowest BCUT2D eigenvalue weighted by molar-refractivity contribution is 0.675. The number of fused-ring (bicyclic) bond motifs is 1. The Morgan fingerprint density at radius 3 is 2.88 bits per heavy atom. The molecule has 0 fully saturated rings. The third-order valence-electron chi connectivity index (χ3n) is 2.71. The molecule has 0 spiro atoms. The van der Waals surface area contributed by atoms with E-state index in [0.717, 1.165) is 29.3 Å². The van der Waals surface area contributed by atoms with Crippen LogP contribution in [0, 0.1) is 5.92 Å². The lowest BCUT2D eigenvalue weighted by atomic mass is 10.2. The summed E-state index contributed by atoms with van der Waals surface area (Å²) in [5.41, 5.74) is 7.83. The Bertz CT molecular complexity index is 484. The fraction of sp³-hybridized carbons (Fsp3) is 0.357. The molecule has 0 saturated heterocycles. The minimum Gasteiger partial charge on any atom is -0.330 e. The normalized spacial score (nSPS) is 12.8. The summed E-state index contributed by atoms with van der Waals surface area (Å²) in [5, 5.41) is 1.21. The van der Waals surface area contributed by atoms with Crippen molar-refractivity contribution in [2.24, 2.45) is 11.7 Å². The second kappa shape index (κ2) is 6.03. The Morgan fingerprint density at radius 1 is 1.24 bits per heavy atom. The zero-order valence-electron chi connectivity index (χ0n) is 10.1. The van der Waals surface area contributed by atoms with E-state index in [9.17, 15) is 0 Å². The highest BCUT2D eigenvalue weighted by molar-refractivity contribution is 7.98. The molecule has 90 valence electrons. The van der Waals surface area contributed by atoms with E-state index in [0.29, 0.717) is 5.92 Å². The Hall–Kier alpha value is -1.06. The predicted octanol–water partition coefficient (Wildman–Crippen LogP) is 3.06. The lowest BCUT2D eigenvalue weighted by Crippen LogP contribution is -2.12. The quantitative estimate of drug-likeness (QED) is 0.881. The van der Waals surface area contributed by atoms with Crippen molar-refractivity contribution in [3.8, 4) is 0 Å². The fourth-order valence-corrected chi connectivity index (χ4v) is 2.65. The smallest absolute Gasteiger partial charge is 0.0705 e. The molecule has 2 rings (SSSR count). The van der Waals surface area contributed by atoms with Gasteiger partial charge in [-0.05, 0) is 30.3 Å². The summed E-state index contributed by atoms with van der Waals surface area (Å²) in [4.78, 5) is 4.65. The second-order valence-corrected chi connectivity index (χ2v) is 5.38. The van der Waals surface area contributed by atoms with Crippen molar-refractivity contribution in [3.05, 3.63) is 42.1 Å². The van der Waals surface area contributed by atoms with Crippen LogP contribution in [-0.2, 0) is 5.75 Å². The standard InChI is InChI=1S/C14H18N2S/c1-11(8-15)9-17-10-13-7-6-12-4-2-3-5-14(12)16-13/h2-7,11H,8-10,15H2,1H3. The van der Waals surface area contributed by atoms with Crippen LogP contribution in [-0.4, -0.2) is 17.3 Å². The maximum absolute atomic E-state index is 5.60. The summed E-state index contributed by atoms with van der Waals surface area (Å²) in [7, 11) is 0. The lowest BCUT2D eigenvalue weighted by Gasteiger charge is -2.07. The molecule has 1 atom stereocenters. The highest BCUT2D eigenvalue weighted by atomic mass is 32.2. The van der Waals surface area contributed by atoms with E-state index in [1.54, 1.807) is 0 Å². The Morgan fingerprint density at radius 2 is 2.06 bits per heavy atom. The van der Waals surface area contributed by atoms with Crippen LogP contribution in [0.2, 0.25) is 0 Å². The average Bonchev–Trinajstić information content (AvgIpc) is 2.38. The Balaban J connectivity index is 1.99. The largest absolute Gasteiger partial charge is 0.330 e. The van der Waals surface area contributed by atoms with Crippen molar-refractivity contribution in [1.82, 2.24) is 4.98 Å². The first-order chi connectivity index (χ1) is 8.29. The van der Waals surface area contributed by atoms with Crippen LogP contribution in [0.15, 0.2) is 36.4 Å². The van der Waals surface area contributed by atoms with Gasteiger partial charge in [-0.25, -0.2) is 0 Å². The van der Waals surface area contributed by atoms with Crippen LogP contribution in [0.5, 0.6) is 0 Å². The van der Waals surface area contributed by atoms with E-state index in [1.165, 1.54) is 5.39 Å². The Labute approximate surface area is 107 Å². The number of pyridine rings is 1. The molecule has 1 aromatic carbocycles. The molecule has 2 nitrogen and oxygen atoms in total. The maximum atomic E-state index is 5.60. The number of nitrogens with two attached hydrogens (primary N) is 1. The minimum absolute atomic E-state index is 0.584. The molecule has 0 bridgehead atoms. The molecule has 1 heterocycles. The van der Waals surface area contributed by atoms with Crippen molar-refractivity contribution in [3.63, 3.8) is 0 Å². The van der Waals surface area contributed by atoms with E-state index in [4.69, 9.17) is 5.73 Å². The van der Waals surface area contributed by atoms with Gasteiger partial charge in [0.1, 0.15) is 0 Å². The molecular formula is C14H18N2S. The summed E-state index contributed by atoms with van der Waals surface area (Å²) in [6.07, 6.45) is 0. The van der Waals surface area contributed by atoms with Gasteiger partial charge in [-0.3, -0.25) is 4.98 Å². The molecule has 0 radical (unpaired) electrons. The van der Waals surface area contributed by atoms with Gasteiger partial charge in [0, 0.05) is 11.1 Å². The predicted molar refractivity (Wildman–Crippen MR) is 76.1 cm³/mol. The van der Waals surface area contributed by atoms with E-state index in [-0.39, 0.29) is 0 Å². The van der Waals surface area contributed by atoms with Gasteiger partial charge < -0.3 is 5.73 Å². The molecule has 0 amide bonds. The van der Waals surface area contributed by atoms with Crippen LogP contribution in [0.3, 0.4) is 0 Å². The van der Waals surface area contributed by atoms with Gasteiger partial charge in [0.2, 0.25) is 0 Å². The van der Waals surface area contributed by atoms with Gasteiger partial charge in [0.25, 0.3) is 0 Å². The first-order valence-corrected chi connectivity index (χ1v) is 7.07. The molecule has 0 saturated carbocycles. The molecule has 1 aromatic heterocycles. The average molecular weight is 246 g/mol. The summed E-state index contributed by atoms with van der Waals surface area (Å²) in [6, 6.07) is 12.5. The van der Waals surface area contributed by atoms with Crippen molar-refractivity contribution >= 4 is 22.7 Å². The highest BCUT2D eigenvalue weighted by Gasteiger charge is 2.01. The summed E-state index contributed by atoms with van der Waals surface area (Å²) in [6.45, 7) is 2.94. The molecular weight excluding hydrogens is 228 g/mol. The monoisotopic (exact) mass is 246 g/mol. The first kappa shape index (κ1) is 12.4. The molecule has 0 aliphatic rings. The van der Waals surface area contributed by atoms with Gasteiger partial charge in [-0.15, -0.1) is 0 Å². The van der Waals surface area contributed by atoms with Crippen molar-refractivity contribution in [2.75, 3.05) is 12.3 Å². The van der Waals surface area contributed by atoms with Crippen LogP contribution < -0.4 is 5.73 Å². The molecule has 3 heteroatoms. The van der Waals surface area contributed by atoms with E-state index in [1.807, 2.05) is 23.9 Å². The van der Waals surface area contributed by atoms with Gasteiger partial charge in [0.15, 0.2) is 0 Å². The number of hydrogen-bond acceptors (Lipinski definition) is 3. The van der Waals surface area contributed by atoms with Gasteiger partial charge in [0.05, 0.1) is 11.2 Å².